The smallest absolute Gasteiger partial charge is 0.0893 e. The molecule has 20 heavy (non-hydrogen) atoms. The Morgan fingerprint density at radius 2 is 1.90 bits per heavy atom. The van der Waals surface area contributed by atoms with E-state index in [0.717, 1.165) is 19.3 Å². The molecule has 0 aromatic heterocycles. The number of rotatable bonds is 2. The third kappa shape index (κ3) is 1.78. The molecule has 3 rings (SSSR count). The molecule has 2 bridgehead atoms. The van der Waals surface area contributed by atoms with E-state index in [9.17, 15) is 10.4 Å². The third-order valence-corrected chi connectivity index (χ3v) is 6.87. The van der Waals surface area contributed by atoms with Crippen LogP contribution in [0.15, 0.2) is 0 Å². The molecule has 3 aliphatic rings. The summed E-state index contributed by atoms with van der Waals surface area (Å²) in [5, 5.41) is 21.8. The van der Waals surface area contributed by atoms with Crippen LogP contribution in [0.4, 0.5) is 0 Å². The fourth-order valence-electron chi connectivity index (χ4n) is 5.98. The summed E-state index contributed by atoms with van der Waals surface area (Å²) in [7, 11) is 0. The van der Waals surface area contributed by atoms with Gasteiger partial charge >= 0.3 is 0 Å². The van der Waals surface area contributed by atoms with Crippen molar-refractivity contribution in [3.8, 4) is 6.07 Å². The Kier molecular flexibility index (Phi) is 3.41. The van der Waals surface area contributed by atoms with E-state index in [0.29, 0.717) is 29.6 Å². The second kappa shape index (κ2) is 4.73. The first-order valence-corrected chi connectivity index (χ1v) is 8.56. The van der Waals surface area contributed by atoms with Gasteiger partial charge in [0.15, 0.2) is 0 Å². The van der Waals surface area contributed by atoms with Crippen LogP contribution in [0.2, 0.25) is 0 Å². The van der Waals surface area contributed by atoms with Gasteiger partial charge in [0.25, 0.3) is 0 Å². The van der Waals surface area contributed by atoms with E-state index in [1.165, 1.54) is 25.7 Å². The summed E-state index contributed by atoms with van der Waals surface area (Å²) >= 11 is 0. The van der Waals surface area contributed by atoms with Crippen LogP contribution >= 0.6 is 0 Å². The van der Waals surface area contributed by atoms with Crippen molar-refractivity contribution in [2.45, 2.75) is 71.3 Å². The molecule has 1 N–H and O–H groups in total. The number of hydrogen-bond donors (Lipinski definition) is 1. The van der Waals surface area contributed by atoms with E-state index in [-0.39, 0.29) is 0 Å². The number of fused-ring (bicyclic) bond motifs is 2. The Morgan fingerprint density at radius 3 is 2.40 bits per heavy atom. The SMILES string of the molecule is CC1CCC(C(C)C)C(O)(C2(C#N)CC3CCC2C3)C1. The Bertz CT molecular complexity index is 426. The molecule has 6 unspecified atom stereocenters. The maximum Gasteiger partial charge on any atom is 0.0893 e. The predicted molar refractivity (Wildman–Crippen MR) is 79.8 cm³/mol. The zero-order valence-corrected chi connectivity index (χ0v) is 13.2. The fraction of sp³-hybridized carbons (Fsp3) is 0.944. The molecule has 3 saturated carbocycles. The highest BCUT2D eigenvalue weighted by Gasteiger charge is 2.65. The van der Waals surface area contributed by atoms with E-state index in [2.05, 4.69) is 26.8 Å². The van der Waals surface area contributed by atoms with Crippen LogP contribution in [0, 0.1) is 46.3 Å². The zero-order chi connectivity index (χ0) is 14.5. The molecule has 0 amide bonds. The Hall–Kier alpha value is -0.550. The summed E-state index contributed by atoms with van der Waals surface area (Å²) in [5.41, 5.74) is -1.19. The molecule has 3 aliphatic carbocycles. The van der Waals surface area contributed by atoms with Crippen LogP contribution in [0.25, 0.3) is 0 Å². The summed E-state index contributed by atoms with van der Waals surface area (Å²) < 4.78 is 0. The highest BCUT2D eigenvalue weighted by atomic mass is 16.3. The van der Waals surface area contributed by atoms with Gasteiger partial charge < -0.3 is 5.11 Å². The van der Waals surface area contributed by atoms with E-state index < -0.39 is 11.0 Å². The first-order chi connectivity index (χ1) is 9.43. The molecule has 0 spiro atoms. The van der Waals surface area contributed by atoms with Crippen LogP contribution in [-0.4, -0.2) is 10.7 Å². The highest BCUT2D eigenvalue weighted by molar-refractivity contribution is 5.22. The second-order valence-corrected chi connectivity index (χ2v) is 8.32. The minimum absolute atomic E-state index is 0.303. The summed E-state index contributed by atoms with van der Waals surface area (Å²) in [5.74, 6) is 2.48. The monoisotopic (exact) mass is 275 g/mol. The summed E-state index contributed by atoms with van der Waals surface area (Å²) in [6, 6.07) is 2.67. The number of nitrogens with zero attached hydrogens (tertiary/aromatic N) is 1. The molecule has 0 saturated heterocycles. The van der Waals surface area contributed by atoms with E-state index in [1.54, 1.807) is 0 Å². The zero-order valence-electron chi connectivity index (χ0n) is 13.2. The first-order valence-electron chi connectivity index (χ1n) is 8.56. The number of hydrogen-bond acceptors (Lipinski definition) is 2. The van der Waals surface area contributed by atoms with Gasteiger partial charge in [-0.05, 0) is 61.7 Å². The maximum absolute atomic E-state index is 11.7. The second-order valence-electron chi connectivity index (χ2n) is 8.32. The summed E-state index contributed by atoms with van der Waals surface area (Å²) in [4.78, 5) is 0. The van der Waals surface area contributed by atoms with Gasteiger partial charge in [0.2, 0.25) is 0 Å². The molecule has 0 aromatic carbocycles. The first kappa shape index (κ1) is 14.4. The molecule has 2 nitrogen and oxygen atoms in total. The van der Waals surface area contributed by atoms with Crippen molar-refractivity contribution in [2.24, 2.45) is 35.0 Å². The van der Waals surface area contributed by atoms with Crippen LogP contribution in [-0.2, 0) is 0 Å². The van der Waals surface area contributed by atoms with Crippen LogP contribution in [0.1, 0.15) is 65.7 Å². The van der Waals surface area contributed by atoms with E-state index in [4.69, 9.17) is 0 Å². The van der Waals surface area contributed by atoms with Gasteiger partial charge in [-0.15, -0.1) is 0 Å². The van der Waals surface area contributed by atoms with E-state index >= 15 is 0 Å². The largest absolute Gasteiger partial charge is 0.388 e. The average molecular weight is 275 g/mol. The van der Waals surface area contributed by atoms with Gasteiger partial charge in [0, 0.05) is 0 Å². The highest BCUT2D eigenvalue weighted by Crippen LogP contribution is 2.65. The minimum Gasteiger partial charge on any atom is -0.388 e. The van der Waals surface area contributed by atoms with Crippen molar-refractivity contribution in [2.75, 3.05) is 0 Å². The third-order valence-electron chi connectivity index (χ3n) is 6.87. The van der Waals surface area contributed by atoms with E-state index in [1.807, 2.05) is 0 Å². The van der Waals surface area contributed by atoms with Crippen molar-refractivity contribution in [1.29, 1.82) is 5.26 Å². The van der Waals surface area contributed by atoms with Crippen molar-refractivity contribution in [1.82, 2.24) is 0 Å². The van der Waals surface area contributed by atoms with Crippen LogP contribution in [0.3, 0.4) is 0 Å². The van der Waals surface area contributed by atoms with Crippen molar-refractivity contribution in [3.05, 3.63) is 0 Å². The Balaban J connectivity index is 2.01. The standard InChI is InChI=1S/C18H29NO/c1-12(2)16-7-4-13(3)9-18(16,20)17(11-19)10-14-5-6-15(17)8-14/h12-16,20H,4-10H2,1-3H3. The summed E-state index contributed by atoms with van der Waals surface area (Å²) in [6.07, 6.45) is 7.74. The molecule has 0 heterocycles. The van der Waals surface area contributed by atoms with Gasteiger partial charge in [0.1, 0.15) is 0 Å². The normalized spacial score (nSPS) is 51.4. The molecular formula is C18H29NO. The van der Waals surface area contributed by atoms with Gasteiger partial charge in [-0.2, -0.15) is 5.26 Å². The maximum atomic E-state index is 11.7. The van der Waals surface area contributed by atoms with Gasteiger partial charge in [0.05, 0.1) is 17.1 Å². The van der Waals surface area contributed by atoms with Crippen molar-refractivity contribution >= 4 is 0 Å². The van der Waals surface area contributed by atoms with Gasteiger partial charge in [-0.25, -0.2) is 0 Å². The lowest BCUT2D eigenvalue weighted by molar-refractivity contribution is -0.165. The van der Waals surface area contributed by atoms with Gasteiger partial charge in [-0.3, -0.25) is 0 Å². The molecule has 0 aliphatic heterocycles. The molecule has 112 valence electrons. The van der Waals surface area contributed by atoms with Crippen molar-refractivity contribution in [3.63, 3.8) is 0 Å². The lowest BCUT2D eigenvalue weighted by Gasteiger charge is -2.54. The minimum atomic E-state index is -0.743. The Labute approximate surface area is 123 Å². The molecule has 2 heteroatoms. The molecule has 6 atom stereocenters. The predicted octanol–water partition coefficient (Wildman–Crippen LogP) is 4.14. The molecule has 3 fully saturated rings. The van der Waals surface area contributed by atoms with Crippen LogP contribution < -0.4 is 0 Å². The van der Waals surface area contributed by atoms with Gasteiger partial charge in [-0.1, -0.05) is 33.6 Å². The quantitative estimate of drug-likeness (QED) is 0.823. The van der Waals surface area contributed by atoms with Crippen molar-refractivity contribution < 1.29 is 5.11 Å². The topological polar surface area (TPSA) is 44.0 Å². The Morgan fingerprint density at radius 1 is 1.15 bits per heavy atom. The molecule has 0 radical (unpaired) electrons. The summed E-state index contributed by atoms with van der Waals surface area (Å²) in [6.45, 7) is 6.70. The van der Waals surface area contributed by atoms with Crippen LogP contribution in [0.5, 0.6) is 0 Å². The lowest BCUT2D eigenvalue weighted by Crippen LogP contribution is -2.59. The molecule has 0 aromatic rings. The number of aliphatic hydroxyl groups is 1. The lowest BCUT2D eigenvalue weighted by atomic mass is 9.52. The number of nitriles is 1. The average Bonchev–Trinajstić information content (AvgIpc) is 2.98. The molecular weight excluding hydrogens is 246 g/mol. The fourth-order valence-corrected chi connectivity index (χ4v) is 5.98.